The molecule has 0 saturated heterocycles. The third-order valence-electron chi connectivity index (χ3n) is 3.81. The number of carbonyl (C=O) groups excluding carboxylic acids is 3. The minimum Gasteiger partial charge on any atom is -0.379 e. The Labute approximate surface area is 147 Å². The van der Waals surface area contributed by atoms with Gasteiger partial charge < -0.3 is 20.7 Å². The van der Waals surface area contributed by atoms with Gasteiger partial charge in [-0.15, -0.1) is 0 Å². The summed E-state index contributed by atoms with van der Waals surface area (Å²) in [5, 5.41) is 8.20. The fraction of sp³-hybridized carbons (Fsp3) is 0.500. The van der Waals surface area contributed by atoms with E-state index in [9.17, 15) is 14.4 Å². The minimum atomic E-state index is -0.727. The normalized spacial score (nSPS) is 16.7. The van der Waals surface area contributed by atoms with Crippen LogP contribution in [-0.4, -0.2) is 43.0 Å². The highest BCUT2D eigenvalue weighted by Crippen LogP contribution is 2.19. The number of para-hydroxylation sites is 1. The molecular weight excluding hydrogens is 322 g/mol. The average Bonchev–Trinajstić information content (AvgIpc) is 2.69. The number of hydrogen-bond acceptors (Lipinski definition) is 4. The van der Waals surface area contributed by atoms with E-state index in [1.807, 2.05) is 13.8 Å². The van der Waals surface area contributed by atoms with Gasteiger partial charge in [-0.25, -0.2) is 0 Å². The number of benzene rings is 1. The molecule has 1 atom stereocenters. The first-order valence-corrected chi connectivity index (χ1v) is 8.56. The number of fused-ring (bicyclic) bond motifs is 1. The molecular formula is C18H25N3O4. The Morgan fingerprint density at radius 2 is 2.04 bits per heavy atom. The number of rotatable bonds is 8. The van der Waals surface area contributed by atoms with Crippen LogP contribution in [0.5, 0.6) is 0 Å². The van der Waals surface area contributed by atoms with Gasteiger partial charge >= 0.3 is 0 Å². The summed E-state index contributed by atoms with van der Waals surface area (Å²) in [6.45, 7) is 5.05. The van der Waals surface area contributed by atoms with Crippen LogP contribution in [0.15, 0.2) is 24.3 Å². The fourth-order valence-corrected chi connectivity index (χ4v) is 2.50. The van der Waals surface area contributed by atoms with E-state index in [2.05, 4.69) is 16.0 Å². The molecule has 1 aliphatic heterocycles. The van der Waals surface area contributed by atoms with E-state index in [0.29, 0.717) is 24.4 Å². The molecule has 0 bridgehead atoms. The van der Waals surface area contributed by atoms with Gasteiger partial charge in [0.25, 0.3) is 5.91 Å². The number of ether oxygens (including phenoxy) is 1. The van der Waals surface area contributed by atoms with Crippen LogP contribution in [0.25, 0.3) is 0 Å². The molecule has 0 radical (unpaired) electrons. The van der Waals surface area contributed by atoms with E-state index in [1.54, 1.807) is 24.3 Å². The second kappa shape index (κ2) is 9.17. The Kier molecular flexibility index (Phi) is 6.94. The first-order chi connectivity index (χ1) is 12.0. The maximum absolute atomic E-state index is 12.2. The van der Waals surface area contributed by atoms with Crippen molar-refractivity contribution in [1.29, 1.82) is 0 Å². The zero-order chi connectivity index (χ0) is 18.2. The Morgan fingerprint density at radius 3 is 2.80 bits per heavy atom. The summed E-state index contributed by atoms with van der Waals surface area (Å²) < 4.78 is 5.40. The Morgan fingerprint density at radius 1 is 1.28 bits per heavy atom. The van der Waals surface area contributed by atoms with Gasteiger partial charge in [0.2, 0.25) is 11.8 Å². The number of hydrogen-bond donors (Lipinski definition) is 3. The number of carbonyl (C=O) groups is 3. The van der Waals surface area contributed by atoms with E-state index >= 15 is 0 Å². The maximum Gasteiger partial charge on any atom is 0.254 e. The van der Waals surface area contributed by atoms with Crippen molar-refractivity contribution in [2.24, 2.45) is 0 Å². The number of nitrogens with one attached hydrogen (secondary N) is 3. The molecule has 1 heterocycles. The van der Waals surface area contributed by atoms with Crippen molar-refractivity contribution < 1.29 is 19.1 Å². The monoisotopic (exact) mass is 347 g/mol. The predicted molar refractivity (Wildman–Crippen MR) is 94.3 cm³/mol. The lowest BCUT2D eigenvalue weighted by molar-refractivity contribution is -0.121. The molecule has 1 aromatic carbocycles. The molecule has 25 heavy (non-hydrogen) atoms. The van der Waals surface area contributed by atoms with Gasteiger partial charge in [-0.2, -0.15) is 0 Å². The second-order valence-corrected chi connectivity index (χ2v) is 6.22. The number of anilines is 1. The average molecular weight is 347 g/mol. The zero-order valence-corrected chi connectivity index (χ0v) is 14.6. The molecule has 136 valence electrons. The molecule has 1 aromatic rings. The van der Waals surface area contributed by atoms with Crippen LogP contribution in [0.3, 0.4) is 0 Å². The summed E-state index contributed by atoms with van der Waals surface area (Å²) in [4.78, 5) is 36.3. The molecule has 0 aliphatic carbocycles. The molecule has 0 unspecified atom stereocenters. The van der Waals surface area contributed by atoms with E-state index in [4.69, 9.17) is 4.74 Å². The van der Waals surface area contributed by atoms with Gasteiger partial charge in [0.1, 0.15) is 6.04 Å². The lowest BCUT2D eigenvalue weighted by Crippen LogP contribution is -2.42. The Bertz CT molecular complexity index is 631. The largest absolute Gasteiger partial charge is 0.379 e. The van der Waals surface area contributed by atoms with Crippen molar-refractivity contribution >= 4 is 23.4 Å². The quantitative estimate of drug-likeness (QED) is 0.620. The summed E-state index contributed by atoms with van der Waals surface area (Å²) in [6.07, 6.45) is 1.33. The summed E-state index contributed by atoms with van der Waals surface area (Å²) in [7, 11) is 0. The molecule has 1 aliphatic rings. The molecule has 7 heteroatoms. The highest BCUT2D eigenvalue weighted by molar-refractivity contribution is 6.09. The van der Waals surface area contributed by atoms with Crippen molar-refractivity contribution in [3.8, 4) is 0 Å². The van der Waals surface area contributed by atoms with Gasteiger partial charge in [-0.05, 0) is 38.8 Å². The fourth-order valence-electron chi connectivity index (χ4n) is 2.50. The summed E-state index contributed by atoms with van der Waals surface area (Å²) in [6, 6.07) is 6.10. The number of amides is 3. The third-order valence-corrected chi connectivity index (χ3v) is 3.81. The molecule has 3 amide bonds. The molecule has 0 saturated carbocycles. The SMILES string of the molecule is CC(C)OCCCNC(=O)CC[C@H]1NC(=O)c2ccccc2NC1=O. The van der Waals surface area contributed by atoms with Crippen LogP contribution in [0.4, 0.5) is 5.69 Å². The Hall–Kier alpha value is -2.41. The smallest absolute Gasteiger partial charge is 0.254 e. The Balaban J connectivity index is 1.76. The van der Waals surface area contributed by atoms with Gasteiger partial charge in [-0.1, -0.05) is 12.1 Å². The van der Waals surface area contributed by atoms with Crippen LogP contribution in [0, 0.1) is 0 Å². The van der Waals surface area contributed by atoms with E-state index in [-0.39, 0.29) is 36.7 Å². The lowest BCUT2D eigenvalue weighted by Gasteiger charge is -2.14. The standard InChI is InChI=1S/C18H25N3O4/c1-12(2)25-11-5-10-19-16(22)9-8-15-18(24)20-14-7-4-3-6-13(14)17(23)21-15/h3-4,6-7,12,15H,5,8-11H2,1-2H3,(H,19,22)(H,20,24)(H,21,23)/t15-/m1/s1. The van der Waals surface area contributed by atoms with Gasteiger partial charge in [0.05, 0.1) is 17.4 Å². The summed E-state index contributed by atoms with van der Waals surface area (Å²) in [5.41, 5.74) is 0.912. The highest BCUT2D eigenvalue weighted by atomic mass is 16.5. The van der Waals surface area contributed by atoms with Crippen LogP contribution in [0.2, 0.25) is 0 Å². The zero-order valence-electron chi connectivity index (χ0n) is 14.6. The van der Waals surface area contributed by atoms with Crippen LogP contribution >= 0.6 is 0 Å². The molecule has 0 spiro atoms. The van der Waals surface area contributed by atoms with E-state index in [1.165, 1.54) is 0 Å². The molecule has 0 fully saturated rings. The van der Waals surface area contributed by atoms with Crippen LogP contribution in [0.1, 0.15) is 43.5 Å². The first kappa shape index (κ1) is 18.9. The predicted octanol–water partition coefficient (Wildman–Crippen LogP) is 1.45. The lowest BCUT2D eigenvalue weighted by atomic mass is 10.1. The van der Waals surface area contributed by atoms with Crippen molar-refractivity contribution in [2.75, 3.05) is 18.5 Å². The maximum atomic E-state index is 12.2. The molecule has 0 aromatic heterocycles. The second-order valence-electron chi connectivity index (χ2n) is 6.22. The van der Waals surface area contributed by atoms with E-state index < -0.39 is 6.04 Å². The topological polar surface area (TPSA) is 96.5 Å². The molecule has 7 nitrogen and oxygen atoms in total. The van der Waals surface area contributed by atoms with Crippen LogP contribution < -0.4 is 16.0 Å². The summed E-state index contributed by atoms with van der Waals surface area (Å²) in [5.74, 6) is -0.769. The molecule has 3 N–H and O–H groups in total. The van der Waals surface area contributed by atoms with Gasteiger partial charge in [0, 0.05) is 19.6 Å². The van der Waals surface area contributed by atoms with Crippen molar-refractivity contribution in [2.45, 2.75) is 45.3 Å². The summed E-state index contributed by atoms with van der Waals surface area (Å²) >= 11 is 0. The van der Waals surface area contributed by atoms with Crippen molar-refractivity contribution in [3.05, 3.63) is 29.8 Å². The minimum absolute atomic E-state index is 0.145. The van der Waals surface area contributed by atoms with Crippen molar-refractivity contribution in [3.63, 3.8) is 0 Å². The molecule has 2 rings (SSSR count). The first-order valence-electron chi connectivity index (χ1n) is 8.56. The van der Waals surface area contributed by atoms with Gasteiger partial charge in [0.15, 0.2) is 0 Å². The van der Waals surface area contributed by atoms with Gasteiger partial charge in [-0.3, -0.25) is 14.4 Å². The van der Waals surface area contributed by atoms with Crippen molar-refractivity contribution in [1.82, 2.24) is 10.6 Å². The highest BCUT2D eigenvalue weighted by Gasteiger charge is 2.27. The third kappa shape index (κ3) is 5.86. The van der Waals surface area contributed by atoms with E-state index in [0.717, 1.165) is 6.42 Å². The van der Waals surface area contributed by atoms with Crippen LogP contribution in [-0.2, 0) is 14.3 Å².